The van der Waals surface area contributed by atoms with Crippen LogP contribution >= 0.6 is 0 Å². The smallest absolute Gasteiger partial charge is 0.470 e. The van der Waals surface area contributed by atoms with Gasteiger partial charge in [0.1, 0.15) is 18.2 Å². The van der Waals surface area contributed by atoms with Crippen molar-refractivity contribution >= 4 is 17.4 Å². The van der Waals surface area contributed by atoms with Crippen molar-refractivity contribution < 1.29 is 41.4 Å². The maximum absolute atomic E-state index is 14.6. The quantitative estimate of drug-likeness (QED) is 0.180. The molecule has 0 amide bonds. The van der Waals surface area contributed by atoms with E-state index in [1.165, 1.54) is 12.1 Å². The molecule has 0 saturated carbocycles. The first-order chi connectivity index (χ1) is 18.1. The van der Waals surface area contributed by atoms with Crippen molar-refractivity contribution in [1.29, 1.82) is 0 Å². The Hall–Kier alpha value is -3.96. The van der Waals surface area contributed by atoms with Crippen LogP contribution < -0.4 is 10.1 Å². The van der Waals surface area contributed by atoms with Gasteiger partial charge in [-0.05, 0) is 49.2 Å². The third-order valence-corrected chi connectivity index (χ3v) is 5.57. The molecule has 0 unspecified atom stereocenters. The topological polar surface area (TPSA) is 115 Å². The number of alkyl halides is 3. The summed E-state index contributed by atoms with van der Waals surface area (Å²) >= 11 is 0. The molecule has 0 spiro atoms. The first-order valence-corrected chi connectivity index (χ1v) is 12.0. The number of ketones is 1. The Labute approximate surface area is 216 Å². The number of aromatic nitrogens is 2. The van der Waals surface area contributed by atoms with Crippen LogP contribution in [-0.2, 0) is 11.0 Å². The molecule has 0 fully saturated rings. The van der Waals surface area contributed by atoms with Crippen molar-refractivity contribution in [1.82, 2.24) is 10.2 Å². The van der Waals surface area contributed by atoms with Crippen molar-refractivity contribution in [3.8, 4) is 17.2 Å². The lowest BCUT2D eigenvalue weighted by atomic mass is 10.0. The minimum Gasteiger partial charge on any atom is -0.491 e. The van der Waals surface area contributed by atoms with Gasteiger partial charge in [-0.25, -0.2) is 4.39 Å². The van der Waals surface area contributed by atoms with Gasteiger partial charge in [-0.2, -0.15) is 13.2 Å². The fourth-order valence-electron chi connectivity index (χ4n) is 3.58. The van der Waals surface area contributed by atoms with E-state index >= 15 is 0 Å². The van der Waals surface area contributed by atoms with Crippen molar-refractivity contribution in [3.63, 3.8) is 0 Å². The first kappa shape index (κ1) is 28.6. The largest absolute Gasteiger partial charge is 0.491 e. The summed E-state index contributed by atoms with van der Waals surface area (Å²) < 4.78 is 62.9. The number of hydrogen-bond donors (Lipinski definition) is 2. The van der Waals surface area contributed by atoms with E-state index in [2.05, 4.69) is 19.9 Å². The maximum Gasteiger partial charge on any atom is 0.470 e. The summed E-state index contributed by atoms with van der Waals surface area (Å²) in [5.74, 6) is -3.93. The highest BCUT2D eigenvalue weighted by Gasteiger charge is 2.38. The zero-order chi connectivity index (χ0) is 27.7. The highest BCUT2D eigenvalue weighted by molar-refractivity contribution is 5.96. The van der Waals surface area contributed by atoms with Gasteiger partial charge in [0, 0.05) is 30.2 Å². The molecule has 0 saturated heterocycles. The number of Topliss-reactive ketones (excluding diaryl/α,β-unsaturated/α-hetero) is 1. The number of aliphatic carboxylic acids is 1. The summed E-state index contributed by atoms with van der Waals surface area (Å²) in [7, 11) is 0. The number of carboxylic acids is 1. The molecule has 0 aliphatic carbocycles. The van der Waals surface area contributed by atoms with E-state index in [1.807, 2.05) is 6.92 Å². The third-order valence-electron chi connectivity index (χ3n) is 5.57. The van der Waals surface area contributed by atoms with Crippen LogP contribution in [0.25, 0.3) is 11.5 Å². The number of unbranched alkanes of at least 4 members (excludes halogenated alkanes) is 1. The number of nitrogens with one attached hydrogen (secondary N) is 1. The van der Waals surface area contributed by atoms with Crippen molar-refractivity contribution in [2.24, 2.45) is 0 Å². The Kier molecular flexibility index (Phi) is 9.80. The van der Waals surface area contributed by atoms with Gasteiger partial charge >= 0.3 is 18.0 Å². The van der Waals surface area contributed by atoms with Crippen molar-refractivity contribution in [2.75, 3.05) is 11.9 Å². The van der Waals surface area contributed by atoms with Gasteiger partial charge in [-0.15, -0.1) is 10.2 Å². The van der Waals surface area contributed by atoms with Crippen LogP contribution in [0.5, 0.6) is 5.75 Å². The number of ether oxygens (including phenoxy) is 1. The Morgan fingerprint density at radius 1 is 1.08 bits per heavy atom. The molecular weight excluding hydrogens is 510 g/mol. The summed E-state index contributed by atoms with van der Waals surface area (Å²) in [6, 6.07) is 10.3. The summed E-state index contributed by atoms with van der Waals surface area (Å²) in [5, 5.41) is 18.2. The van der Waals surface area contributed by atoms with E-state index in [0.717, 1.165) is 31.0 Å². The summed E-state index contributed by atoms with van der Waals surface area (Å²) in [5.41, 5.74) is 0.954. The van der Waals surface area contributed by atoms with Crippen LogP contribution in [0.2, 0.25) is 0 Å². The predicted molar refractivity (Wildman–Crippen MR) is 129 cm³/mol. The zero-order valence-electron chi connectivity index (χ0n) is 20.6. The standard InChI is InChI=1S/C26H27F4N3O5/c1-2-3-5-18(31-17-10-8-16(9-11-17)22(34)6-4-7-23(35)36)15-37-19-12-13-20(21(27)14-19)24-32-33-25(38-24)26(28,29)30/h8-14,18,31H,2-7,15H2,1H3,(H,35,36)/t18-/m0/s1. The monoisotopic (exact) mass is 537 g/mol. The summed E-state index contributed by atoms with van der Waals surface area (Å²) in [4.78, 5) is 22.8. The van der Waals surface area contributed by atoms with Crippen LogP contribution in [0, 0.1) is 5.82 Å². The number of nitrogens with zero attached hydrogens (tertiary/aromatic N) is 2. The average Bonchev–Trinajstić information content (AvgIpc) is 3.36. The van der Waals surface area contributed by atoms with Gasteiger partial charge < -0.3 is 19.6 Å². The van der Waals surface area contributed by atoms with Gasteiger partial charge in [-0.3, -0.25) is 9.59 Å². The molecule has 1 atom stereocenters. The van der Waals surface area contributed by atoms with E-state index in [4.69, 9.17) is 9.84 Å². The lowest BCUT2D eigenvalue weighted by molar-refractivity contribution is -0.157. The molecule has 0 aliphatic heterocycles. The van der Waals surface area contributed by atoms with Crippen LogP contribution in [0.15, 0.2) is 46.9 Å². The molecule has 2 N–H and O–H groups in total. The number of carbonyl (C=O) groups is 2. The summed E-state index contributed by atoms with van der Waals surface area (Å²) in [6.07, 6.45) is -1.89. The first-order valence-electron chi connectivity index (χ1n) is 12.0. The molecule has 0 radical (unpaired) electrons. The van der Waals surface area contributed by atoms with Gasteiger partial charge in [-0.1, -0.05) is 19.8 Å². The average molecular weight is 538 g/mol. The van der Waals surface area contributed by atoms with Gasteiger partial charge in [0.25, 0.3) is 5.89 Å². The zero-order valence-corrected chi connectivity index (χ0v) is 20.6. The normalized spacial score (nSPS) is 12.2. The second-order valence-electron chi connectivity index (χ2n) is 8.59. The lowest BCUT2D eigenvalue weighted by Crippen LogP contribution is -2.27. The molecule has 38 heavy (non-hydrogen) atoms. The highest BCUT2D eigenvalue weighted by Crippen LogP contribution is 2.32. The Morgan fingerprint density at radius 2 is 1.82 bits per heavy atom. The number of benzene rings is 2. The summed E-state index contributed by atoms with van der Waals surface area (Å²) in [6.45, 7) is 2.21. The minimum absolute atomic E-state index is 0.0625. The number of anilines is 1. The number of hydrogen-bond acceptors (Lipinski definition) is 7. The number of carboxylic acid groups (broad SMARTS) is 1. The van der Waals surface area contributed by atoms with Gasteiger partial charge in [0.2, 0.25) is 0 Å². The Bertz CT molecular complexity index is 1230. The number of halogens is 4. The van der Waals surface area contributed by atoms with Crippen molar-refractivity contribution in [2.45, 2.75) is 57.7 Å². The molecule has 3 aromatic rings. The molecule has 12 heteroatoms. The van der Waals surface area contributed by atoms with Crippen molar-refractivity contribution in [3.05, 3.63) is 59.7 Å². The molecule has 1 aromatic heterocycles. The highest BCUT2D eigenvalue weighted by atomic mass is 19.4. The van der Waals surface area contributed by atoms with Crippen LogP contribution in [0.4, 0.5) is 23.2 Å². The molecule has 0 aliphatic rings. The van der Waals surface area contributed by atoms with Crippen LogP contribution in [0.1, 0.15) is 61.7 Å². The van der Waals surface area contributed by atoms with Crippen LogP contribution in [0.3, 0.4) is 0 Å². The molecule has 0 bridgehead atoms. The molecule has 8 nitrogen and oxygen atoms in total. The van der Waals surface area contributed by atoms with Gasteiger partial charge in [0.05, 0.1) is 11.6 Å². The lowest BCUT2D eigenvalue weighted by Gasteiger charge is -2.21. The molecule has 1 heterocycles. The molecule has 2 aromatic carbocycles. The number of carbonyl (C=O) groups excluding carboxylic acids is 1. The Balaban J connectivity index is 1.61. The van der Waals surface area contributed by atoms with E-state index in [1.54, 1.807) is 24.3 Å². The number of rotatable bonds is 14. The van der Waals surface area contributed by atoms with E-state index in [0.29, 0.717) is 5.56 Å². The SMILES string of the molecule is CCCC[C@@H](COc1ccc(-c2nnc(C(F)(F)F)o2)c(F)c1)Nc1ccc(C(=O)CCCC(=O)O)cc1. The maximum atomic E-state index is 14.6. The predicted octanol–water partition coefficient (Wildman–Crippen LogP) is 6.38. The second-order valence-corrected chi connectivity index (χ2v) is 8.59. The fraction of sp³-hybridized carbons (Fsp3) is 0.385. The van der Waals surface area contributed by atoms with E-state index < -0.39 is 29.7 Å². The van der Waals surface area contributed by atoms with Crippen LogP contribution in [-0.4, -0.2) is 39.7 Å². The minimum atomic E-state index is -4.83. The molecule has 3 rings (SSSR count). The van der Waals surface area contributed by atoms with Gasteiger partial charge in [0.15, 0.2) is 5.78 Å². The van der Waals surface area contributed by atoms with E-state index in [9.17, 15) is 27.2 Å². The molecule has 204 valence electrons. The fourth-order valence-corrected chi connectivity index (χ4v) is 3.58. The second kappa shape index (κ2) is 13.0. The molecular formula is C26H27F4N3O5. The Morgan fingerprint density at radius 3 is 2.42 bits per heavy atom. The van der Waals surface area contributed by atoms with E-state index in [-0.39, 0.29) is 49.0 Å². The third kappa shape index (κ3) is 8.29.